The lowest BCUT2D eigenvalue weighted by Crippen LogP contribution is -2.14. The van der Waals surface area contributed by atoms with Crippen LogP contribution in [0.4, 0.5) is 5.69 Å². The van der Waals surface area contributed by atoms with Crippen molar-refractivity contribution in [3.05, 3.63) is 59.0 Å². The Morgan fingerprint density at radius 1 is 1.06 bits per heavy atom. The molecule has 0 amide bonds. The van der Waals surface area contributed by atoms with Gasteiger partial charge in [-0.3, -0.25) is 4.57 Å². The van der Waals surface area contributed by atoms with Crippen LogP contribution in [0.15, 0.2) is 53.3 Å². The van der Waals surface area contributed by atoms with Gasteiger partial charge in [0.1, 0.15) is 0 Å². The first kappa shape index (κ1) is 9.72. The second-order valence-corrected chi connectivity index (χ2v) is 3.88. The second kappa shape index (κ2) is 3.52. The van der Waals surface area contributed by atoms with E-state index in [2.05, 4.69) is 4.98 Å². The third-order valence-electron chi connectivity index (χ3n) is 2.72. The Morgan fingerprint density at radius 2 is 1.88 bits per heavy atom. The number of rotatable bonds is 1. The van der Waals surface area contributed by atoms with Gasteiger partial charge in [-0.15, -0.1) is 0 Å². The Kier molecular flexibility index (Phi) is 2.01. The van der Waals surface area contributed by atoms with Crippen molar-refractivity contribution in [2.75, 3.05) is 5.73 Å². The molecule has 3 rings (SSSR count). The molecule has 0 unspecified atom stereocenters. The summed E-state index contributed by atoms with van der Waals surface area (Å²) in [6, 6.07) is 14.8. The molecule has 3 aromatic rings. The maximum Gasteiger partial charge on any atom is 0.331 e. The van der Waals surface area contributed by atoms with Crippen molar-refractivity contribution in [1.82, 2.24) is 9.55 Å². The van der Waals surface area contributed by atoms with Crippen LogP contribution in [-0.4, -0.2) is 9.55 Å². The van der Waals surface area contributed by atoms with Crippen molar-refractivity contribution in [3.63, 3.8) is 0 Å². The molecule has 0 aliphatic rings. The highest BCUT2D eigenvalue weighted by Crippen LogP contribution is 2.16. The fourth-order valence-electron chi connectivity index (χ4n) is 1.98. The van der Waals surface area contributed by atoms with E-state index < -0.39 is 0 Å². The van der Waals surface area contributed by atoms with Gasteiger partial charge in [0, 0.05) is 5.69 Å². The van der Waals surface area contributed by atoms with Crippen molar-refractivity contribution in [2.45, 2.75) is 0 Å². The fraction of sp³-hybridized carbons (Fsp3) is 0. The predicted octanol–water partition coefficient (Wildman–Crippen LogP) is 1.90. The number of imidazole rings is 1. The summed E-state index contributed by atoms with van der Waals surface area (Å²) in [5, 5.41) is 0. The monoisotopic (exact) mass is 225 g/mol. The van der Waals surface area contributed by atoms with Gasteiger partial charge in [0.05, 0.1) is 16.7 Å². The zero-order valence-corrected chi connectivity index (χ0v) is 9.05. The zero-order valence-electron chi connectivity index (χ0n) is 9.05. The van der Waals surface area contributed by atoms with Gasteiger partial charge in [0.15, 0.2) is 0 Å². The number of aromatic nitrogens is 2. The maximum absolute atomic E-state index is 11.9. The molecule has 0 atom stereocenters. The quantitative estimate of drug-likeness (QED) is 0.621. The molecule has 0 fully saturated rings. The molecule has 84 valence electrons. The molecule has 0 spiro atoms. The first-order chi connectivity index (χ1) is 8.25. The minimum atomic E-state index is -0.156. The molecule has 4 heteroatoms. The first-order valence-electron chi connectivity index (χ1n) is 5.31. The van der Waals surface area contributed by atoms with E-state index in [-0.39, 0.29) is 5.69 Å². The molecule has 2 aromatic carbocycles. The molecule has 0 bridgehead atoms. The van der Waals surface area contributed by atoms with Crippen molar-refractivity contribution in [2.24, 2.45) is 0 Å². The van der Waals surface area contributed by atoms with E-state index in [4.69, 9.17) is 5.73 Å². The van der Waals surface area contributed by atoms with Crippen LogP contribution in [0.1, 0.15) is 0 Å². The number of benzene rings is 2. The summed E-state index contributed by atoms with van der Waals surface area (Å²) < 4.78 is 1.62. The number of fused-ring (bicyclic) bond motifs is 1. The van der Waals surface area contributed by atoms with Gasteiger partial charge in [0.2, 0.25) is 0 Å². The van der Waals surface area contributed by atoms with Gasteiger partial charge in [-0.25, -0.2) is 4.79 Å². The zero-order chi connectivity index (χ0) is 11.8. The highest BCUT2D eigenvalue weighted by molar-refractivity contribution is 5.77. The predicted molar refractivity (Wildman–Crippen MR) is 68.3 cm³/mol. The smallest absolute Gasteiger partial charge is 0.331 e. The van der Waals surface area contributed by atoms with Crippen LogP contribution >= 0.6 is 0 Å². The Labute approximate surface area is 97.3 Å². The topological polar surface area (TPSA) is 63.8 Å². The molecular weight excluding hydrogens is 214 g/mol. The third kappa shape index (κ3) is 1.50. The van der Waals surface area contributed by atoms with Gasteiger partial charge >= 0.3 is 5.69 Å². The average molecular weight is 225 g/mol. The van der Waals surface area contributed by atoms with E-state index in [1.807, 2.05) is 36.4 Å². The Balaban J connectivity index is 2.37. The standard InChI is InChI=1S/C13H11N3O/c14-9-4-3-5-10(8-9)16-12-7-2-1-6-11(12)15-13(16)17/h1-8H,14H2,(H,15,17). The summed E-state index contributed by atoms with van der Waals surface area (Å²) in [6.45, 7) is 0. The van der Waals surface area contributed by atoms with Gasteiger partial charge in [0.25, 0.3) is 0 Å². The molecule has 4 nitrogen and oxygen atoms in total. The van der Waals surface area contributed by atoms with Gasteiger partial charge in [-0.05, 0) is 30.3 Å². The lowest BCUT2D eigenvalue weighted by molar-refractivity contribution is 1.02. The summed E-state index contributed by atoms with van der Waals surface area (Å²) in [6.07, 6.45) is 0. The lowest BCUT2D eigenvalue weighted by atomic mass is 10.2. The minimum absolute atomic E-state index is 0.156. The Hall–Kier alpha value is -2.49. The summed E-state index contributed by atoms with van der Waals surface area (Å²) in [5.74, 6) is 0. The van der Waals surface area contributed by atoms with Crippen LogP contribution < -0.4 is 11.4 Å². The van der Waals surface area contributed by atoms with E-state index in [9.17, 15) is 4.79 Å². The highest BCUT2D eigenvalue weighted by Gasteiger charge is 2.07. The van der Waals surface area contributed by atoms with E-state index in [1.54, 1.807) is 16.7 Å². The van der Waals surface area contributed by atoms with Crippen molar-refractivity contribution in [1.29, 1.82) is 0 Å². The van der Waals surface area contributed by atoms with Gasteiger partial charge in [-0.2, -0.15) is 0 Å². The number of nitrogen functional groups attached to an aromatic ring is 1. The van der Waals surface area contributed by atoms with Crippen LogP contribution in [0.3, 0.4) is 0 Å². The highest BCUT2D eigenvalue weighted by atomic mass is 16.1. The molecule has 1 heterocycles. The normalized spacial score (nSPS) is 10.8. The van der Waals surface area contributed by atoms with E-state index in [1.165, 1.54) is 0 Å². The summed E-state index contributed by atoms with van der Waals surface area (Å²) in [5.41, 5.74) is 8.66. The molecule has 1 aromatic heterocycles. The molecule has 0 saturated heterocycles. The Morgan fingerprint density at radius 3 is 2.71 bits per heavy atom. The number of nitrogens with two attached hydrogens (primary N) is 1. The molecule has 0 aliphatic carbocycles. The minimum Gasteiger partial charge on any atom is -0.399 e. The number of nitrogens with zero attached hydrogens (tertiary/aromatic N) is 1. The van der Waals surface area contributed by atoms with E-state index in [0.717, 1.165) is 16.7 Å². The number of anilines is 1. The molecule has 0 saturated carbocycles. The number of hydrogen-bond acceptors (Lipinski definition) is 2. The van der Waals surface area contributed by atoms with Crippen LogP contribution in [0.5, 0.6) is 0 Å². The lowest BCUT2D eigenvalue weighted by Gasteiger charge is -2.03. The van der Waals surface area contributed by atoms with Crippen LogP contribution in [0.2, 0.25) is 0 Å². The number of aromatic amines is 1. The second-order valence-electron chi connectivity index (χ2n) is 3.88. The summed E-state index contributed by atoms with van der Waals surface area (Å²) >= 11 is 0. The van der Waals surface area contributed by atoms with Crippen molar-refractivity contribution in [3.8, 4) is 5.69 Å². The molecule has 3 N–H and O–H groups in total. The van der Waals surface area contributed by atoms with Gasteiger partial charge in [-0.1, -0.05) is 18.2 Å². The molecule has 0 radical (unpaired) electrons. The number of nitrogens with one attached hydrogen (secondary N) is 1. The Bertz CT molecular complexity index is 740. The number of H-pyrrole nitrogens is 1. The molecular formula is C13H11N3O. The van der Waals surface area contributed by atoms with Crippen molar-refractivity contribution < 1.29 is 0 Å². The largest absolute Gasteiger partial charge is 0.399 e. The van der Waals surface area contributed by atoms with Crippen LogP contribution in [-0.2, 0) is 0 Å². The number of para-hydroxylation sites is 2. The van der Waals surface area contributed by atoms with Crippen molar-refractivity contribution >= 4 is 16.7 Å². The summed E-state index contributed by atoms with van der Waals surface area (Å²) in [7, 11) is 0. The third-order valence-corrected chi connectivity index (χ3v) is 2.72. The van der Waals surface area contributed by atoms with Crippen LogP contribution in [0.25, 0.3) is 16.7 Å². The molecule has 17 heavy (non-hydrogen) atoms. The average Bonchev–Trinajstić information content (AvgIpc) is 2.64. The molecule has 0 aliphatic heterocycles. The maximum atomic E-state index is 11.9. The fourth-order valence-corrected chi connectivity index (χ4v) is 1.98. The summed E-state index contributed by atoms with van der Waals surface area (Å²) in [4.78, 5) is 14.7. The first-order valence-corrected chi connectivity index (χ1v) is 5.31. The number of hydrogen-bond donors (Lipinski definition) is 2. The van der Waals surface area contributed by atoms with Crippen LogP contribution in [0, 0.1) is 0 Å². The van der Waals surface area contributed by atoms with E-state index >= 15 is 0 Å². The van der Waals surface area contributed by atoms with Gasteiger partial charge < -0.3 is 10.7 Å². The van der Waals surface area contributed by atoms with E-state index in [0.29, 0.717) is 5.69 Å². The SMILES string of the molecule is Nc1cccc(-n2c(=O)[nH]c3ccccc32)c1.